The molecule has 1 saturated heterocycles. The average molecular weight is 285 g/mol. The lowest BCUT2D eigenvalue weighted by atomic mass is 9.84. The van der Waals surface area contributed by atoms with Crippen LogP contribution in [0.25, 0.3) is 0 Å². The second-order valence-electron chi connectivity index (χ2n) is 5.81. The zero-order valence-corrected chi connectivity index (χ0v) is 12.1. The summed E-state index contributed by atoms with van der Waals surface area (Å²) in [5.41, 5.74) is -0.134. The van der Waals surface area contributed by atoms with Gasteiger partial charge >= 0.3 is 12.0 Å². The van der Waals surface area contributed by atoms with E-state index >= 15 is 0 Å². The van der Waals surface area contributed by atoms with Crippen molar-refractivity contribution in [3.05, 3.63) is 0 Å². The number of urea groups is 1. The molecule has 0 spiro atoms. The molecule has 0 aromatic heterocycles. The summed E-state index contributed by atoms with van der Waals surface area (Å²) in [5.74, 6) is -0.949. The van der Waals surface area contributed by atoms with Crippen molar-refractivity contribution >= 4 is 17.9 Å². The fourth-order valence-corrected chi connectivity index (χ4v) is 2.00. The van der Waals surface area contributed by atoms with Gasteiger partial charge in [0.15, 0.2) is 0 Å². The van der Waals surface area contributed by atoms with E-state index in [9.17, 15) is 14.4 Å². The van der Waals surface area contributed by atoms with Gasteiger partial charge in [0.25, 0.3) is 0 Å². The molecular formula is C13H23N3O4. The van der Waals surface area contributed by atoms with Gasteiger partial charge in [-0.3, -0.25) is 9.59 Å². The predicted molar refractivity (Wildman–Crippen MR) is 73.2 cm³/mol. The molecule has 20 heavy (non-hydrogen) atoms. The minimum Gasteiger partial charge on any atom is -0.481 e. The summed E-state index contributed by atoms with van der Waals surface area (Å²) >= 11 is 0. The van der Waals surface area contributed by atoms with Crippen molar-refractivity contribution in [2.75, 3.05) is 26.2 Å². The summed E-state index contributed by atoms with van der Waals surface area (Å²) in [6.07, 6.45) is 1.41. The van der Waals surface area contributed by atoms with Gasteiger partial charge in [0.1, 0.15) is 6.54 Å². The average Bonchev–Trinajstić information content (AvgIpc) is 2.36. The highest BCUT2D eigenvalue weighted by Crippen LogP contribution is 2.25. The third-order valence-electron chi connectivity index (χ3n) is 3.42. The van der Waals surface area contributed by atoms with Crippen LogP contribution in [0.4, 0.5) is 4.79 Å². The molecule has 0 atom stereocenters. The van der Waals surface area contributed by atoms with Crippen LogP contribution >= 0.6 is 0 Å². The molecular weight excluding hydrogens is 262 g/mol. The Kier molecular flexibility index (Phi) is 5.79. The largest absolute Gasteiger partial charge is 0.481 e. The topological polar surface area (TPSA) is 98.7 Å². The van der Waals surface area contributed by atoms with Crippen molar-refractivity contribution in [2.45, 2.75) is 33.1 Å². The van der Waals surface area contributed by atoms with Gasteiger partial charge in [-0.1, -0.05) is 13.8 Å². The van der Waals surface area contributed by atoms with Gasteiger partial charge < -0.3 is 20.6 Å². The smallest absolute Gasteiger partial charge is 0.317 e. The van der Waals surface area contributed by atoms with Crippen LogP contribution in [0, 0.1) is 5.41 Å². The molecule has 1 fully saturated rings. The van der Waals surface area contributed by atoms with E-state index in [1.807, 2.05) is 13.8 Å². The standard InChI is InChI=1S/C13H23N3O4/c1-13(2,4-3-11(18)19)5-6-15-12(20)16-8-7-14-10(17)9-16/h3-9H2,1-2H3,(H,14,17)(H,15,20)(H,18,19). The van der Waals surface area contributed by atoms with E-state index in [1.54, 1.807) is 0 Å². The maximum absolute atomic E-state index is 11.8. The minimum atomic E-state index is -0.804. The van der Waals surface area contributed by atoms with Crippen molar-refractivity contribution < 1.29 is 19.5 Å². The van der Waals surface area contributed by atoms with Crippen LogP contribution in [0.1, 0.15) is 33.1 Å². The maximum Gasteiger partial charge on any atom is 0.317 e. The number of hydrogen-bond donors (Lipinski definition) is 3. The molecule has 3 amide bonds. The Balaban J connectivity index is 2.27. The van der Waals surface area contributed by atoms with Crippen molar-refractivity contribution in [2.24, 2.45) is 5.41 Å². The van der Waals surface area contributed by atoms with Crippen LogP contribution in [0.15, 0.2) is 0 Å². The molecule has 0 radical (unpaired) electrons. The minimum absolute atomic E-state index is 0.0915. The van der Waals surface area contributed by atoms with Crippen LogP contribution < -0.4 is 10.6 Å². The molecule has 0 aromatic rings. The highest BCUT2D eigenvalue weighted by atomic mass is 16.4. The van der Waals surface area contributed by atoms with Crippen LogP contribution in [0.3, 0.4) is 0 Å². The Morgan fingerprint density at radius 3 is 2.70 bits per heavy atom. The normalized spacial score (nSPS) is 15.7. The fourth-order valence-electron chi connectivity index (χ4n) is 2.00. The lowest BCUT2D eigenvalue weighted by Gasteiger charge is -2.28. The number of nitrogens with one attached hydrogen (secondary N) is 2. The predicted octanol–water partition coefficient (Wildman–Crippen LogP) is 0.409. The quantitative estimate of drug-likeness (QED) is 0.658. The van der Waals surface area contributed by atoms with E-state index in [4.69, 9.17) is 5.11 Å². The molecule has 1 heterocycles. The summed E-state index contributed by atoms with van der Waals surface area (Å²) in [6, 6.07) is -0.242. The number of carboxylic acids is 1. The Bertz CT molecular complexity index is 382. The fraction of sp³-hybridized carbons (Fsp3) is 0.769. The van der Waals surface area contributed by atoms with Gasteiger partial charge in [-0.05, 0) is 18.3 Å². The zero-order chi connectivity index (χ0) is 15.2. The summed E-state index contributed by atoms with van der Waals surface area (Å²) in [5, 5.41) is 14.1. The Labute approximate surface area is 118 Å². The van der Waals surface area contributed by atoms with E-state index < -0.39 is 5.97 Å². The first-order chi connectivity index (χ1) is 9.30. The number of amides is 3. The molecule has 1 rings (SSSR count). The van der Waals surface area contributed by atoms with Crippen LogP contribution in [-0.2, 0) is 9.59 Å². The third-order valence-corrected chi connectivity index (χ3v) is 3.42. The molecule has 0 bridgehead atoms. The monoisotopic (exact) mass is 285 g/mol. The Morgan fingerprint density at radius 1 is 1.40 bits per heavy atom. The Morgan fingerprint density at radius 2 is 2.10 bits per heavy atom. The number of carboxylic acid groups (broad SMARTS) is 1. The van der Waals surface area contributed by atoms with Gasteiger partial charge in [0.05, 0.1) is 0 Å². The highest BCUT2D eigenvalue weighted by Gasteiger charge is 2.22. The van der Waals surface area contributed by atoms with E-state index in [1.165, 1.54) is 4.90 Å². The summed E-state index contributed by atoms with van der Waals surface area (Å²) in [7, 11) is 0. The van der Waals surface area contributed by atoms with E-state index in [-0.39, 0.29) is 30.3 Å². The summed E-state index contributed by atoms with van der Waals surface area (Å²) in [6.45, 7) is 5.53. The van der Waals surface area contributed by atoms with Gasteiger partial charge in [0, 0.05) is 26.1 Å². The van der Waals surface area contributed by atoms with Gasteiger partial charge in [-0.2, -0.15) is 0 Å². The summed E-state index contributed by atoms with van der Waals surface area (Å²) < 4.78 is 0. The SMILES string of the molecule is CC(C)(CCNC(=O)N1CCNC(=O)C1)CCC(=O)O. The molecule has 7 heteroatoms. The first-order valence-electron chi connectivity index (χ1n) is 6.81. The molecule has 1 aliphatic rings. The van der Waals surface area contributed by atoms with Crippen molar-refractivity contribution in [3.8, 4) is 0 Å². The second kappa shape index (κ2) is 7.12. The molecule has 0 unspecified atom stereocenters. The molecule has 0 aromatic carbocycles. The third kappa shape index (κ3) is 5.90. The van der Waals surface area contributed by atoms with Crippen LogP contribution in [-0.4, -0.2) is 54.1 Å². The number of carbonyl (C=O) groups is 3. The molecule has 0 saturated carbocycles. The lowest BCUT2D eigenvalue weighted by Crippen LogP contribution is -2.53. The van der Waals surface area contributed by atoms with Crippen LogP contribution in [0.5, 0.6) is 0 Å². The first-order valence-corrected chi connectivity index (χ1v) is 6.81. The van der Waals surface area contributed by atoms with Gasteiger partial charge in [-0.25, -0.2) is 4.79 Å². The zero-order valence-electron chi connectivity index (χ0n) is 12.1. The molecule has 7 nitrogen and oxygen atoms in total. The van der Waals surface area contributed by atoms with Crippen molar-refractivity contribution in [1.29, 1.82) is 0 Å². The maximum atomic E-state index is 11.8. The Hall–Kier alpha value is -1.79. The van der Waals surface area contributed by atoms with Crippen molar-refractivity contribution in [3.63, 3.8) is 0 Å². The van der Waals surface area contributed by atoms with E-state index in [0.29, 0.717) is 32.5 Å². The number of rotatable bonds is 6. The highest BCUT2D eigenvalue weighted by molar-refractivity contribution is 5.85. The van der Waals surface area contributed by atoms with E-state index in [0.717, 1.165) is 0 Å². The number of nitrogens with zero attached hydrogens (tertiary/aromatic N) is 1. The number of piperazine rings is 1. The molecule has 1 aliphatic heterocycles. The van der Waals surface area contributed by atoms with Gasteiger partial charge in [-0.15, -0.1) is 0 Å². The first kappa shape index (κ1) is 16.3. The molecule has 3 N–H and O–H groups in total. The van der Waals surface area contributed by atoms with Crippen molar-refractivity contribution in [1.82, 2.24) is 15.5 Å². The van der Waals surface area contributed by atoms with E-state index in [2.05, 4.69) is 10.6 Å². The lowest BCUT2D eigenvalue weighted by molar-refractivity contribution is -0.137. The molecule has 0 aliphatic carbocycles. The van der Waals surface area contributed by atoms with Crippen LogP contribution in [0.2, 0.25) is 0 Å². The number of aliphatic carboxylic acids is 1. The number of carbonyl (C=O) groups excluding carboxylic acids is 2. The number of hydrogen-bond acceptors (Lipinski definition) is 3. The summed E-state index contributed by atoms with van der Waals surface area (Å²) in [4.78, 5) is 35.0. The van der Waals surface area contributed by atoms with Gasteiger partial charge in [0.2, 0.25) is 5.91 Å². The second-order valence-corrected chi connectivity index (χ2v) is 5.81. The molecule has 114 valence electrons.